The van der Waals surface area contributed by atoms with Gasteiger partial charge < -0.3 is 9.94 Å². The van der Waals surface area contributed by atoms with Crippen LogP contribution in [-0.2, 0) is 4.74 Å². The van der Waals surface area contributed by atoms with Crippen molar-refractivity contribution in [3.05, 3.63) is 0 Å². The van der Waals surface area contributed by atoms with E-state index >= 15 is 0 Å². The molecule has 0 saturated carbocycles. The van der Waals surface area contributed by atoms with Crippen molar-refractivity contribution in [3.63, 3.8) is 0 Å². The topological polar surface area (TPSA) is 35.9 Å². The maximum atomic E-state index is 10.3. The number of hydroxylamine groups is 2. The number of nitrogens with zero attached hydrogens (tertiary/aromatic N) is 2. The van der Waals surface area contributed by atoms with Gasteiger partial charge in [-0.15, -0.1) is 0 Å². The molecule has 100 valence electrons. The molecule has 0 aliphatic carbocycles. The minimum Gasteiger partial charge on any atom is -0.379 e. The van der Waals surface area contributed by atoms with Gasteiger partial charge in [0.15, 0.2) is 0 Å². The van der Waals surface area contributed by atoms with Crippen molar-refractivity contribution in [2.75, 3.05) is 32.8 Å². The van der Waals surface area contributed by atoms with Crippen molar-refractivity contribution in [3.8, 4) is 0 Å². The molecule has 2 rings (SSSR count). The number of hydrogen-bond donors (Lipinski definition) is 1. The zero-order valence-electron chi connectivity index (χ0n) is 11.6. The summed E-state index contributed by atoms with van der Waals surface area (Å²) in [6.45, 7) is 13.3. The molecule has 0 bridgehead atoms. The number of hydrogen-bond acceptors (Lipinski definition) is 4. The molecule has 4 heteroatoms. The lowest BCUT2D eigenvalue weighted by atomic mass is 9.86. The molecular formula is C13H26N2O2. The minimum atomic E-state index is -0.137. The molecule has 17 heavy (non-hydrogen) atoms. The van der Waals surface area contributed by atoms with E-state index in [4.69, 9.17) is 4.74 Å². The molecule has 0 aromatic rings. The summed E-state index contributed by atoms with van der Waals surface area (Å²) in [6, 6.07) is 0. The molecule has 0 amide bonds. The third kappa shape index (κ3) is 2.50. The van der Waals surface area contributed by atoms with Crippen LogP contribution in [0.25, 0.3) is 0 Å². The smallest absolute Gasteiger partial charge is 0.0594 e. The monoisotopic (exact) mass is 242 g/mol. The van der Waals surface area contributed by atoms with Crippen LogP contribution in [0, 0.1) is 5.92 Å². The Morgan fingerprint density at radius 1 is 1.18 bits per heavy atom. The predicted octanol–water partition coefficient (Wildman–Crippen LogP) is 1.59. The number of rotatable bonds is 2. The first kappa shape index (κ1) is 13.3. The molecule has 0 aromatic carbocycles. The van der Waals surface area contributed by atoms with E-state index in [0.29, 0.717) is 5.92 Å². The Balaban J connectivity index is 2.01. The van der Waals surface area contributed by atoms with E-state index in [0.717, 1.165) is 39.3 Å². The summed E-state index contributed by atoms with van der Waals surface area (Å²) >= 11 is 0. The summed E-state index contributed by atoms with van der Waals surface area (Å²) in [6.07, 6.45) is 1.05. The van der Waals surface area contributed by atoms with Crippen molar-refractivity contribution in [2.24, 2.45) is 5.92 Å². The van der Waals surface area contributed by atoms with Crippen LogP contribution in [0.1, 0.15) is 34.1 Å². The molecule has 0 spiro atoms. The Hall–Kier alpha value is -0.160. The molecule has 0 radical (unpaired) electrons. The summed E-state index contributed by atoms with van der Waals surface area (Å²) in [5.74, 6) is 0.514. The second-order valence-electron chi connectivity index (χ2n) is 6.59. The van der Waals surface area contributed by atoms with Crippen LogP contribution in [-0.4, -0.2) is 59.1 Å². The highest BCUT2D eigenvalue weighted by Gasteiger charge is 2.51. The molecule has 0 aromatic heterocycles. The molecule has 1 unspecified atom stereocenters. The fourth-order valence-electron chi connectivity index (χ4n) is 3.28. The van der Waals surface area contributed by atoms with Gasteiger partial charge in [0.05, 0.1) is 13.2 Å². The summed E-state index contributed by atoms with van der Waals surface area (Å²) in [7, 11) is 0. The van der Waals surface area contributed by atoms with Gasteiger partial charge in [-0.05, 0) is 40.0 Å². The van der Waals surface area contributed by atoms with E-state index in [-0.39, 0.29) is 11.1 Å². The van der Waals surface area contributed by atoms with Gasteiger partial charge in [0.25, 0.3) is 0 Å². The van der Waals surface area contributed by atoms with Crippen LogP contribution in [0.3, 0.4) is 0 Å². The second kappa shape index (κ2) is 4.50. The highest BCUT2D eigenvalue weighted by molar-refractivity contribution is 5.02. The molecular weight excluding hydrogens is 216 g/mol. The Morgan fingerprint density at radius 3 is 2.24 bits per heavy atom. The van der Waals surface area contributed by atoms with E-state index in [1.807, 2.05) is 0 Å². The van der Waals surface area contributed by atoms with Gasteiger partial charge in [-0.2, -0.15) is 5.06 Å². The minimum absolute atomic E-state index is 0.111. The van der Waals surface area contributed by atoms with E-state index in [1.54, 1.807) is 5.06 Å². The molecule has 1 atom stereocenters. The van der Waals surface area contributed by atoms with E-state index < -0.39 is 0 Å². The molecule has 2 aliphatic heterocycles. The molecule has 2 saturated heterocycles. The van der Waals surface area contributed by atoms with Crippen molar-refractivity contribution < 1.29 is 9.94 Å². The van der Waals surface area contributed by atoms with Gasteiger partial charge in [0.2, 0.25) is 0 Å². The fraction of sp³-hybridized carbons (Fsp3) is 1.00. The normalized spacial score (nSPS) is 34.1. The summed E-state index contributed by atoms with van der Waals surface area (Å²) in [4.78, 5) is 2.46. The van der Waals surface area contributed by atoms with E-state index in [9.17, 15) is 5.21 Å². The molecule has 1 N–H and O–H groups in total. The first-order valence-corrected chi connectivity index (χ1v) is 6.63. The van der Waals surface area contributed by atoms with Crippen LogP contribution in [0.4, 0.5) is 0 Å². The Kier molecular flexibility index (Phi) is 3.51. The first-order chi connectivity index (χ1) is 7.84. The molecule has 2 heterocycles. The summed E-state index contributed by atoms with van der Waals surface area (Å²) in [5, 5.41) is 11.8. The standard InChI is InChI=1S/C13H26N2O2/c1-12(2)9-11(13(3,4)15(12)16)10-14-5-7-17-8-6-14/h11,16H,5-10H2,1-4H3. The average molecular weight is 242 g/mol. The van der Waals surface area contributed by atoms with Crippen LogP contribution in [0.5, 0.6) is 0 Å². The van der Waals surface area contributed by atoms with Crippen molar-refractivity contribution in [1.82, 2.24) is 9.96 Å². The third-order valence-electron chi connectivity index (χ3n) is 4.45. The van der Waals surface area contributed by atoms with Crippen molar-refractivity contribution in [2.45, 2.75) is 45.2 Å². The highest BCUT2D eigenvalue weighted by Crippen LogP contribution is 2.43. The van der Waals surface area contributed by atoms with Gasteiger partial charge in [-0.1, -0.05) is 0 Å². The fourth-order valence-corrected chi connectivity index (χ4v) is 3.28. The Morgan fingerprint density at radius 2 is 1.76 bits per heavy atom. The van der Waals surface area contributed by atoms with Crippen LogP contribution in [0.15, 0.2) is 0 Å². The van der Waals surface area contributed by atoms with Crippen LogP contribution >= 0.6 is 0 Å². The largest absolute Gasteiger partial charge is 0.379 e. The molecule has 4 nitrogen and oxygen atoms in total. The number of ether oxygens (including phenoxy) is 1. The van der Waals surface area contributed by atoms with Crippen LogP contribution < -0.4 is 0 Å². The lowest BCUT2D eigenvalue weighted by molar-refractivity contribution is -0.197. The van der Waals surface area contributed by atoms with Gasteiger partial charge in [-0.3, -0.25) is 4.90 Å². The molecule has 2 aliphatic rings. The molecule has 2 fully saturated rings. The lowest BCUT2D eigenvalue weighted by Gasteiger charge is -2.38. The predicted molar refractivity (Wildman–Crippen MR) is 67.1 cm³/mol. The zero-order valence-corrected chi connectivity index (χ0v) is 11.6. The lowest BCUT2D eigenvalue weighted by Crippen LogP contribution is -2.49. The van der Waals surface area contributed by atoms with Crippen LogP contribution in [0.2, 0.25) is 0 Å². The van der Waals surface area contributed by atoms with Gasteiger partial charge in [0.1, 0.15) is 0 Å². The maximum Gasteiger partial charge on any atom is 0.0594 e. The summed E-state index contributed by atoms with van der Waals surface area (Å²) < 4.78 is 5.38. The van der Waals surface area contributed by atoms with Gasteiger partial charge in [-0.25, -0.2) is 0 Å². The quantitative estimate of drug-likeness (QED) is 0.797. The van der Waals surface area contributed by atoms with E-state index in [1.165, 1.54) is 0 Å². The third-order valence-corrected chi connectivity index (χ3v) is 4.45. The Bertz CT molecular complexity index is 273. The SMILES string of the molecule is CC1(C)CC(CN2CCOCC2)C(C)(C)N1O. The van der Waals surface area contributed by atoms with Gasteiger partial charge in [0, 0.05) is 30.7 Å². The summed E-state index contributed by atoms with van der Waals surface area (Å²) in [5.41, 5.74) is -0.248. The second-order valence-corrected chi connectivity index (χ2v) is 6.59. The van der Waals surface area contributed by atoms with Crippen molar-refractivity contribution in [1.29, 1.82) is 0 Å². The Labute approximate surface area is 104 Å². The highest BCUT2D eigenvalue weighted by atomic mass is 16.5. The maximum absolute atomic E-state index is 10.3. The van der Waals surface area contributed by atoms with Gasteiger partial charge >= 0.3 is 0 Å². The first-order valence-electron chi connectivity index (χ1n) is 6.63. The zero-order chi connectivity index (χ0) is 12.7. The van der Waals surface area contributed by atoms with Crippen molar-refractivity contribution >= 4 is 0 Å². The number of morpholine rings is 1. The average Bonchev–Trinajstić information content (AvgIpc) is 2.41. The van der Waals surface area contributed by atoms with E-state index in [2.05, 4.69) is 32.6 Å².